The molecule has 0 saturated heterocycles. The average molecular weight is 247 g/mol. The Morgan fingerprint density at radius 1 is 1.50 bits per heavy atom. The maximum atomic E-state index is 11.9. The highest BCUT2D eigenvalue weighted by atomic mass is 16.4. The summed E-state index contributed by atoms with van der Waals surface area (Å²) in [6.07, 6.45) is 4.30. The molecule has 1 aromatic rings. The van der Waals surface area contributed by atoms with Crippen LogP contribution in [-0.4, -0.2) is 21.4 Å². The summed E-state index contributed by atoms with van der Waals surface area (Å²) in [4.78, 5) is 34.6. The first-order valence-corrected chi connectivity index (χ1v) is 5.63. The van der Waals surface area contributed by atoms with Gasteiger partial charge in [-0.05, 0) is 12.8 Å². The maximum absolute atomic E-state index is 11.9. The molecule has 0 radical (unpaired) electrons. The van der Waals surface area contributed by atoms with Crippen molar-refractivity contribution in [2.75, 3.05) is 0 Å². The van der Waals surface area contributed by atoms with Gasteiger partial charge in [-0.1, -0.05) is 12.7 Å². The van der Waals surface area contributed by atoms with Gasteiger partial charge in [-0.2, -0.15) is 0 Å². The van der Waals surface area contributed by atoms with Crippen molar-refractivity contribution in [1.82, 2.24) is 4.57 Å². The molecule has 5 nitrogen and oxygen atoms in total. The molecular weight excluding hydrogens is 234 g/mol. The Bertz CT molecular complexity index is 608. The van der Waals surface area contributed by atoms with E-state index >= 15 is 0 Å². The van der Waals surface area contributed by atoms with Gasteiger partial charge < -0.3 is 9.67 Å². The van der Waals surface area contributed by atoms with E-state index in [0.717, 1.165) is 12.8 Å². The van der Waals surface area contributed by atoms with E-state index in [-0.39, 0.29) is 28.6 Å². The van der Waals surface area contributed by atoms with E-state index < -0.39 is 11.4 Å². The minimum absolute atomic E-state index is 0.0781. The largest absolute Gasteiger partial charge is 0.477 e. The number of aromatic carboxylic acids is 1. The quantitative estimate of drug-likeness (QED) is 0.822. The molecule has 1 saturated carbocycles. The van der Waals surface area contributed by atoms with Crippen molar-refractivity contribution in [3.8, 4) is 0 Å². The fraction of sp³-hybridized carbons (Fsp3) is 0.308. The first-order chi connectivity index (χ1) is 8.47. The zero-order valence-electron chi connectivity index (χ0n) is 9.97. The van der Waals surface area contributed by atoms with Crippen LogP contribution >= 0.6 is 0 Å². The van der Waals surface area contributed by atoms with Gasteiger partial charge in [0, 0.05) is 24.7 Å². The van der Waals surface area contributed by atoms with Crippen molar-refractivity contribution >= 4 is 17.8 Å². The van der Waals surface area contributed by atoms with Gasteiger partial charge in [0.1, 0.15) is 5.56 Å². The second-order valence-electron chi connectivity index (χ2n) is 4.34. The van der Waals surface area contributed by atoms with Gasteiger partial charge in [0.2, 0.25) is 5.43 Å². The maximum Gasteiger partial charge on any atom is 0.341 e. The third-order valence-corrected chi connectivity index (χ3v) is 2.98. The number of carboxylic acids is 1. The van der Waals surface area contributed by atoms with Crippen LogP contribution in [0.3, 0.4) is 0 Å². The van der Waals surface area contributed by atoms with Crippen molar-refractivity contribution in [3.63, 3.8) is 0 Å². The average Bonchev–Trinajstić information content (AvgIpc) is 3.11. The minimum Gasteiger partial charge on any atom is -0.477 e. The molecule has 0 unspecified atom stereocenters. The molecule has 2 rings (SSSR count). The number of Topliss-reactive ketones (excluding diaryl/α,β-unsaturated/α-hetero) is 1. The predicted molar refractivity (Wildman–Crippen MR) is 66.0 cm³/mol. The SMILES string of the molecule is C=Cc1c(C(C)=O)n(C2CC2)cc(C(=O)O)c1=O. The molecule has 1 fully saturated rings. The Kier molecular flexibility index (Phi) is 2.90. The second kappa shape index (κ2) is 4.25. The van der Waals surface area contributed by atoms with Crippen LogP contribution in [0.4, 0.5) is 0 Å². The molecule has 0 atom stereocenters. The molecule has 0 aliphatic heterocycles. The van der Waals surface area contributed by atoms with Crippen molar-refractivity contribution < 1.29 is 14.7 Å². The molecule has 0 aromatic carbocycles. The molecule has 1 aromatic heterocycles. The lowest BCUT2D eigenvalue weighted by atomic mass is 10.1. The molecule has 5 heteroatoms. The van der Waals surface area contributed by atoms with Gasteiger partial charge in [0.15, 0.2) is 5.78 Å². The molecule has 1 heterocycles. The summed E-state index contributed by atoms with van der Waals surface area (Å²) in [5, 5.41) is 9.01. The van der Waals surface area contributed by atoms with Crippen molar-refractivity contribution in [2.24, 2.45) is 0 Å². The highest BCUT2D eigenvalue weighted by Gasteiger charge is 2.29. The van der Waals surface area contributed by atoms with Gasteiger partial charge in [-0.25, -0.2) is 4.79 Å². The summed E-state index contributed by atoms with van der Waals surface area (Å²) in [6, 6.07) is 0.112. The van der Waals surface area contributed by atoms with E-state index in [9.17, 15) is 14.4 Å². The first kappa shape index (κ1) is 12.3. The van der Waals surface area contributed by atoms with Crippen LogP contribution in [-0.2, 0) is 0 Å². The van der Waals surface area contributed by atoms with Gasteiger partial charge in [-0.15, -0.1) is 0 Å². The predicted octanol–water partition coefficient (Wildman–Crippen LogP) is 1.73. The van der Waals surface area contributed by atoms with E-state index in [0.29, 0.717) is 0 Å². The summed E-state index contributed by atoms with van der Waals surface area (Å²) >= 11 is 0. The standard InChI is InChI=1S/C13H13NO4/c1-3-9-11(7(2)15)14(8-4-5-8)6-10(12(9)16)13(17)18/h3,6,8H,1,4-5H2,2H3,(H,17,18). The smallest absolute Gasteiger partial charge is 0.341 e. The van der Waals surface area contributed by atoms with Crippen LogP contribution in [0.15, 0.2) is 17.6 Å². The van der Waals surface area contributed by atoms with Crippen molar-refractivity contribution in [1.29, 1.82) is 0 Å². The lowest BCUT2D eigenvalue weighted by Crippen LogP contribution is -2.25. The lowest BCUT2D eigenvalue weighted by molar-refractivity contribution is 0.0693. The topological polar surface area (TPSA) is 76.4 Å². The van der Waals surface area contributed by atoms with Crippen LogP contribution in [0.5, 0.6) is 0 Å². The van der Waals surface area contributed by atoms with Crippen molar-refractivity contribution in [2.45, 2.75) is 25.8 Å². The van der Waals surface area contributed by atoms with Crippen LogP contribution < -0.4 is 5.43 Å². The third kappa shape index (κ3) is 1.88. The number of hydrogen-bond donors (Lipinski definition) is 1. The lowest BCUT2D eigenvalue weighted by Gasteiger charge is -2.14. The number of carbonyl (C=O) groups excluding carboxylic acids is 1. The van der Waals surface area contributed by atoms with Crippen LogP contribution in [0.2, 0.25) is 0 Å². The van der Waals surface area contributed by atoms with Gasteiger partial charge in [0.25, 0.3) is 0 Å². The third-order valence-electron chi connectivity index (χ3n) is 2.98. The molecule has 18 heavy (non-hydrogen) atoms. The fourth-order valence-electron chi connectivity index (χ4n) is 2.01. The Hall–Kier alpha value is -2.17. The zero-order valence-corrected chi connectivity index (χ0v) is 9.97. The number of aromatic nitrogens is 1. The number of pyridine rings is 1. The fourth-order valence-corrected chi connectivity index (χ4v) is 2.01. The molecule has 1 N–H and O–H groups in total. The molecule has 94 valence electrons. The number of nitrogens with zero attached hydrogens (tertiary/aromatic N) is 1. The zero-order chi connectivity index (χ0) is 13.4. The van der Waals surface area contributed by atoms with E-state index in [2.05, 4.69) is 6.58 Å². The van der Waals surface area contributed by atoms with Crippen LogP contribution in [0.25, 0.3) is 6.08 Å². The summed E-state index contributed by atoms with van der Waals surface area (Å²) in [7, 11) is 0. The van der Waals surface area contributed by atoms with E-state index in [4.69, 9.17) is 5.11 Å². The minimum atomic E-state index is -1.28. The van der Waals surface area contributed by atoms with Gasteiger partial charge >= 0.3 is 5.97 Å². The summed E-state index contributed by atoms with van der Waals surface area (Å²) in [5.41, 5.74) is -0.641. The molecule has 1 aliphatic carbocycles. The van der Waals surface area contributed by atoms with E-state index in [1.54, 1.807) is 4.57 Å². The Morgan fingerprint density at radius 3 is 2.50 bits per heavy atom. The second-order valence-corrected chi connectivity index (χ2v) is 4.34. The highest BCUT2D eigenvalue weighted by Crippen LogP contribution is 2.36. The number of rotatable bonds is 4. The number of carbonyl (C=O) groups is 2. The van der Waals surface area contributed by atoms with Crippen molar-refractivity contribution in [3.05, 3.63) is 39.8 Å². The summed E-state index contributed by atoms with van der Waals surface area (Å²) in [6.45, 7) is 4.86. The molecular formula is C13H13NO4. The van der Waals surface area contributed by atoms with Crippen LogP contribution in [0, 0.1) is 0 Å². The number of carboxylic acid groups (broad SMARTS) is 1. The Balaban J connectivity index is 2.83. The number of ketones is 1. The molecule has 0 amide bonds. The number of hydrogen-bond acceptors (Lipinski definition) is 3. The van der Waals surface area contributed by atoms with Gasteiger partial charge in [-0.3, -0.25) is 9.59 Å². The first-order valence-electron chi connectivity index (χ1n) is 5.63. The summed E-state index contributed by atoms with van der Waals surface area (Å²) in [5.74, 6) is -1.54. The van der Waals surface area contributed by atoms with E-state index in [1.165, 1.54) is 19.2 Å². The van der Waals surface area contributed by atoms with Crippen LogP contribution in [0.1, 0.15) is 52.2 Å². The normalized spacial score (nSPS) is 14.3. The molecule has 0 bridgehead atoms. The Labute approximate surface area is 103 Å². The Morgan fingerprint density at radius 2 is 2.11 bits per heavy atom. The molecule has 0 spiro atoms. The monoisotopic (exact) mass is 247 g/mol. The van der Waals surface area contributed by atoms with E-state index in [1.807, 2.05) is 0 Å². The van der Waals surface area contributed by atoms with Gasteiger partial charge in [0.05, 0.1) is 5.69 Å². The highest BCUT2D eigenvalue weighted by molar-refractivity contribution is 5.97. The molecule has 1 aliphatic rings. The summed E-state index contributed by atoms with van der Waals surface area (Å²) < 4.78 is 1.60.